The van der Waals surface area contributed by atoms with Gasteiger partial charge in [-0.05, 0) is 29.8 Å². The molecule has 0 atom stereocenters. The van der Waals surface area contributed by atoms with Crippen LogP contribution < -0.4 is 11.1 Å². The summed E-state index contributed by atoms with van der Waals surface area (Å²) in [6, 6.07) is 11.8. The lowest BCUT2D eigenvalue weighted by molar-refractivity contribution is -0.117. The van der Waals surface area contributed by atoms with E-state index in [1.807, 2.05) is 43.6 Å². The molecular weight excluding hydrogens is 226 g/mol. The predicted molar refractivity (Wildman–Crippen MR) is 72.1 cm³/mol. The third kappa shape index (κ3) is 3.13. The molecule has 0 aliphatic carbocycles. The van der Waals surface area contributed by atoms with Crippen LogP contribution >= 0.6 is 0 Å². The van der Waals surface area contributed by atoms with E-state index >= 15 is 0 Å². The smallest absolute Gasteiger partial charge is 0.221 e. The van der Waals surface area contributed by atoms with Gasteiger partial charge in [-0.25, -0.2) is 0 Å². The number of anilines is 1. The molecule has 4 nitrogen and oxygen atoms in total. The molecule has 0 aliphatic heterocycles. The summed E-state index contributed by atoms with van der Waals surface area (Å²) < 4.78 is 2.08. The van der Waals surface area contributed by atoms with Crippen LogP contribution in [0.1, 0.15) is 11.3 Å². The van der Waals surface area contributed by atoms with Crippen molar-refractivity contribution in [3.05, 3.63) is 53.9 Å². The zero-order chi connectivity index (χ0) is 13.0. The second-order valence-corrected chi connectivity index (χ2v) is 4.30. The van der Waals surface area contributed by atoms with Gasteiger partial charge in [0.25, 0.3) is 0 Å². The van der Waals surface area contributed by atoms with E-state index in [1.54, 1.807) is 0 Å². The summed E-state index contributed by atoms with van der Waals surface area (Å²) in [5.41, 5.74) is 8.33. The third-order valence-electron chi connectivity index (χ3n) is 2.86. The number of aromatic nitrogens is 1. The number of nitrogens with one attached hydrogen (secondary N) is 1. The van der Waals surface area contributed by atoms with Crippen LogP contribution in [0.5, 0.6) is 0 Å². The summed E-state index contributed by atoms with van der Waals surface area (Å²) in [6.45, 7) is 0.776. The Hall–Kier alpha value is -2.23. The van der Waals surface area contributed by atoms with Crippen molar-refractivity contribution < 1.29 is 4.79 Å². The Morgan fingerprint density at radius 2 is 2.00 bits per heavy atom. The molecule has 0 unspecified atom stereocenters. The molecule has 2 aromatic rings. The van der Waals surface area contributed by atoms with Crippen molar-refractivity contribution in [1.82, 2.24) is 4.57 Å². The van der Waals surface area contributed by atoms with E-state index in [4.69, 9.17) is 5.73 Å². The molecule has 0 saturated carbocycles. The quantitative estimate of drug-likeness (QED) is 0.839. The van der Waals surface area contributed by atoms with Gasteiger partial charge in [-0.15, -0.1) is 0 Å². The van der Waals surface area contributed by atoms with Gasteiger partial charge in [0.05, 0.1) is 13.0 Å². The molecule has 4 heteroatoms. The number of nitrogens with two attached hydrogens (primary N) is 1. The highest BCUT2D eigenvalue weighted by molar-refractivity contribution is 5.76. The van der Waals surface area contributed by atoms with Crippen LogP contribution in [0.15, 0.2) is 42.6 Å². The molecular formula is C14H17N3O. The SMILES string of the molecule is Cn1cccc1CNc1ccc(CC(N)=O)cc1. The van der Waals surface area contributed by atoms with E-state index in [0.29, 0.717) is 0 Å². The molecule has 0 fully saturated rings. The molecule has 18 heavy (non-hydrogen) atoms. The molecule has 0 bridgehead atoms. The number of carbonyl (C=O) groups excluding carboxylic acids is 1. The lowest BCUT2D eigenvalue weighted by Gasteiger charge is -2.08. The van der Waals surface area contributed by atoms with Gasteiger partial charge in [0, 0.05) is 24.6 Å². The molecule has 1 aromatic heterocycles. The molecule has 0 aliphatic rings. The first-order chi connectivity index (χ1) is 8.65. The third-order valence-corrected chi connectivity index (χ3v) is 2.86. The maximum Gasteiger partial charge on any atom is 0.221 e. The maximum absolute atomic E-state index is 10.8. The first-order valence-electron chi connectivity index (χ1n) is 5.86. The highest BCUT2D eigenvalue weighted by atomic mass is 16.1. The number of hydrogen-bond donors (Lipinski definition) is 2. The van der Waals surface area contributed by atoms with Crippen LogP contribution in [-0.2, 0) is 24.8 Å². The van der Waals surface area contributed by atoms with E-state index in [1.165, 1.54) is 5.69 Å². The van der Waals surface area contributed by atoms with Gasteiger partial charge >= 0.3 is 0 Å². The van der Waals surface area contributed by atoms with E-state index in [2.05, 4.69) is 16.0 Å². The van der Waals surface area contributed by atoms with Gasteiger partial charge in [-0.2, -0.15) is 0 Å². The number of primary amides is 1. The summed E-state index contributed by atoms with van der Waals surface area (Å²) >= 11 is 0. The number of carbonyl (C=O) groups is 1. The highest BCUT2D eigenvalue weighted by Gasteiger charge is 2.00. The Morgan fingerprint density at radius 1 is 1.28 bits per heavy atom. The molecule has 3 N–H and O–H groups in total. The zero-order valence-electron chi connectivity index (χ0n) is 10.4. The largest absolute Gasteiger partial charge is 0.379 e. The lowest BCUT2D eigenvalue weighted by atomic mass is 10.1. The van der Waals surface area contributed by atoms with Crippen molar-refractivity contribution in [2.45, 2.75) is 13.0 Å². The topological polar surface area (TPSA) is 60.1 Å². The van der Waals surface area contributed by atoms with Crippen LogP contribution in [0, 0.1) is 0 Å². The van der Waals surface area contributed by atoms with Crippen molar-refractivity contribution in [2.75, 3.05) is 5.32 Å². The van der Waals surface area contributed by atoms with Crippen LogP contribution in [-0.4, -0.2) is 10.5 Å². The minimum Gasteiger partial charge on any atom is -0.379 e. The summed E-state index contributed by atoms with van der Waals surface area (Å²) in [5.74, 6) is -0.306. The molecule has 94 valence electrons. The van der Waals surface area contributed by atoms with Crippen molar-refractivity contribution in [3.63, 3.8) is 0 Å². The number of rotatable bonds is 5. The second-order valence-electron chi connectivity index (χ2n) is 4.30. The fourth-order valence-electron chi connectivity index (χ4n) is 1.81. The second kappa shape index (κ2) is 5.40. The molecule has 1 heterocycles. The zero-order valence-corrected chi connectivity index (χ0v) is 10.4. The first-order valence-corrected chi connectivity index (χ1v) is 5.86. The number of benzene rings is 1. The van der Waals surface area contributed by atoms with E-state index in [9.17, 15) is 4.79 Å². The predicted octanol–water partition coefficient (Wildman–Crippen LogP) is 1.66. The van der Waals surface area contributed by atoms with Gasteiger partial charge in [0.1, 0.15) is 0 Å². The molecule has 1 amide bonds. The molecule has 1 aromatic carbocycles. The van der Waals surface area contributed by atoms with Gasteiger partial charge in [-0.1, -0.05) is 12.1 Å². The van der Waals surface area contributed by atoms with Crippen LogP contribution in [0.2, 0.25) is 0 Å². The summed E-state index contributed by atoms with van der Waals surface area (Å²) in [4.78, 5) is 10.8. The van der Waals surface area contributed by atoms with E-state index in [0.717, 1.165) is 17.8 Å². The minimum atomic E-state index is -0.306. The molecule has 0 spiro atoms. The van der Waals surface area contributed by atoms with Crippen LogP contribution in [0.3, 0.4) is 0 Å². The highest BCUT2D eigenvalue weighted by Crippen LogP contribution is 2.11. The van der Waals surface area contributed by atoms with Crippen molar-refractivity contribution >= 4 is 11.6 Å². The minimum absolute atomic E-state index is 0.290. The summed E-state index contributed by atoms with van der Waals surface area (Å²) in [6.07, 6.45) is 2.31. The van der Waals surface area contributed by atoms with Gasteiger partial charge in [-0.3, -0.25) is 4.79 Å². The average molecular weight is 243 g/mol. The number of aryl methyl sites for hydroxylation is 1. The average Bonchev–Trinajstić information content (AvgIpc) is 2.73. The number of nitrogens with zero attached hydrogens (tertiary/aromatic N) is 1. The van der Waals surface area contributed by atoms with E-state index < -0.39 is 0 Å². The molecule has 2 rings (SSSR count). The summed E-state index contributed by atoms with van der Waals surface area (Å²) in [5, 5.41) is 3.33. The van der Waals surface area contributed by atoms with Crippen molar-refractivity contribution in [3.8, 4) is 0 Å². The fourth-order valence-corrected chi connectivity index (χ4v) is 1.81. The first kappa shape index (κ1) is 12.2. The fraction of sp³-hybridized carbons (Fsp3) is 0.214. The lowest BCUT2D eigenvalue weighted by Crippen LogP contribution is -2.13. The number of amides is 1. The Kier molecular flexibility index (Phi) is 3.67. The summed E-state index contributed by atoms with van der Waals surface area (Å²) in [7, 11) is 2.02. The Balaban J connectivity index is 1.94. The Labute approximate surface area is 106 Å². The van der Waals surface area contributed by atoms with Crippen molar-refractivity contribution in [2.24, 2.45) is 12.8 Å². The molecule has 0 radical (unpaired) electrons. The van der Waals surface area contributed by atoms with Gasteiger partial charge in [0.2, 0.25) is 5.91 Å². The number of hydrogen-bond acceptors (Lipinski definition) is 2. The van der Waals surface area contributed by atoms with Crippen LogP contribution in [0.4, 0.5) is 5.69 Å². The Bertz CT molecular complexity index is 528. The standard InChI is InChI=1S/C14H17N3O/c1-17-8-2-3-13(17)10-16-12-6-4-11(5-7-12)9-14(15)18/h2-8,16H,9-10H2,1H3,(H2,15,18). The normalized spacial score (nSPS) is 10.3. The van der Waals surface area contributed by atoms with Gasteiger partial charge < -0.3 is 15.6 Å². The monoisotopic (exact) mass is 243 g/mol. The van der Waals surface area contributed by atoms with Crippen LogP contribution in [0.25, 0.3) is 0 Å². The Morgan fingerprint density at radius 3 is 2.56 bits per heavy atom. The van der Waals surface area contributed by atoms with Gasteiger partial charge in [0.15, 0.2) is 0 Å². The molecule has 0 saturated heterocycles. The van der Waals surface area contributed by atoms with E-state index in [-0.39, 0.29) is 12.3 Å². The van der Waals surface area contributed by atoms with Crippen molar-refractivity contribution in [1.29, 1.82) is 0 Å². The maximum atomic E-state index is 10.8.